The van der Waals surface area contributed by atoms with Gasteiger partial charge in [0.2, 0.25) is 0 Å². The van der Waals surface area contributed by atoms with Crippen molar-refractivity contribution >= 4 is 11.4 Å². The number of nitrogens with one attached hydrogen (secondary N) is 1. The Morgan fingerprint density at radius 2 is 2.20 bits per heavy atom. The molecule has 0 aliphatic carbocycles. The minimum atomic E-state index is 0.125. The first-order chi connectivity index (χ1) is 9.70. The molecule has 0 saturated carbocycles. The largest absolute Gasteiger partial charge is 0.493 e. The molecule has 0 spiro atoms. The van der Waals surface area contributed by atoms with Gasteiger partial charge in [-0.25, -0.2) is 0 Å². The van der Waals surface area contributed by atoms with Gasteiger partial charge in [0.25, 0.3) is 0 Å². The molecule has 2 rings (SSSR count). The molecular formula is C16H21NO3. The molecule has 0 saturated heterocycles. The summed E-state index contributed by atoms with van der Waals surface area (Å²) in [5.74, 6) is 1.53. The van der Waals surface area contributed by atoms with E-state index in [-0.39, 0.29) is 5.78 Å². The van der Waals surface area contributed by atoms with Crippen molar-refractivity contribution in [3.05, 3.63) is 29.8 Å². The molecule has 1 aliphatic heterocycles. The summed E-state index contributed by atoms with van der Waals surface area (Å²) in [5, 5.41) is 3.30. The molecule has 108 valence electrons. The molecule has 20 heavy (non-hydrogen) atoms. The molecule has 1 aliphatic rings. The van der Waals surface area contributed by atoms with Crippen LogP contribution in [0.2, 0.25) is 0 Å². The Labute approximate surface area is 119 Å². The van der Waals surface area contributed by atoms with Gasteiger partial charge in [-0.1, -0.05) is 12.1 Å². The fourth-order valence-electron chi connectivity index (χ4n) is 2.18. The standard InChI is InChI=1S/C16H21NO3/c1-12(18)7-10-20-15-4-3-14(11-16(15)19-2)13-5-8-17-9-6-13/h3-5,11,17H,6-10H2,1-2H3. The fraction of sp³-hybridized carbons (Fsp3) is 0.438. The highest BCUT2D eigenvalue weighted by atomic mass is 16.5. The van der Waals surface area contributed by atoms with Crippen molar-refractivity contribution in [3.63, 3.8) is 0 Å². The quantitative estimate of drug-likeness (QED) is 0.866. The van der Waals surface area contributed by atoms with Crippen LogP contribution in [0.1, 0.15) is 25.3 Å². The average Bonchev–Trinajstić information content (AvgIpc) is 2.48. The number of methoxy groups -OCH3 is 1. The first-order valence-electron chi connectivity index (χ1n) is 6.91. The fourth-order valence-corrected chi connectivity index (χ4v) is 2.18. The van der Waals surface area contributed by atoms with Crippen LogP contribution in [-0.2, 0) is 4.79 Å². The molecule has 0 atom stereocenters. The number of carbonyl (C=O) groups is 1. The molecule has 4 nitrogen and oxygen atoms in total. The summed E-state index contributed by atoms with van der Waals surface area (Å²) in [6.07, 6.45) is 3.64. The van der Waals surface area contributed by atoms with Gasteiger partial charge in [-0.2, -0.15) is 0 Å². The van der Waals surface area contributed by atoms with Crippen LogP contribution in [-0.4, -0.2) is 32.6 Å². The first kappa shape index (κ1) is 14.6. The summed E-state index contributed by atoms with van der Waals surface area (Å²) in [5.41, 5.74) is 2.50. The lowest BCUT2D eigenvalue weighted by atomic mass is 10.00. The van der Waals surface area contributed by atoms with Gasteiger partial charge in [-0.15, -0.1) is 0 Å². The van der Waals surface area contributed by atoms with E-state index in [0.29, 0.717) is 24.5 Å². The van der Waals surface area contributed by atoms with Crippen molar-refractivity contribution < 1.29 is 14.3 Å². The average molecular weight is 275 g/mol. The number of benzene rings is 1. The number of hydrogen-bond acceptors (Lipinski definition) is 4. The lowest BCUT2D eigenvalue weighted by Crippen LogP contribution is -2.20. The third-order valence-electron chi connectivity index (χ3n) is 3.31. The molecular weight excluding hydrogens is 254 g/mol. The number of rotatable bonds is 6. The van der Waals surface area contributed by atoms with Gasteiger partial charge in [0.15, 0.2) is 11.5 Å². The molecule has 0 amide bonds. The highest BCUT2D eigenvalue weighted by Gasteiger charge is 2.10. The predicted octanol–water partition coefficient (Wildman–Crippen LogP) is 2.43. The van der Waals surface area contributed by atoms with Gasteiger partial charge >= 0.3 is 0 Å². The van der Waals surface area contributed by atoms with Crippen LogP contribution in [0.4, 0.5) is 0 Å². The van der Waals surface area contributed by atoms with E-state index in [1.807, 2.05) is 18.2 Å². The summed E-state index contributed by atoms with van der Waals surface area (Å²) in [7, 11) is 1.63. The first-order valence-corrected chi connectivity index (χ1v) is 6.91. The minimum absolute atomic E-state index is 0.125. The molecule has 1 aromatic rings. The summed E-state index contributed by atoms with van der Waals surface area (Å²) < 4.78 is 11.0. The molecule has 1 heterocycles. The predicted molar refractivity (Wildman–Crippen MR) is 79.3 cm³/mol. The van der Waals surface area contributed by atoms with Crippen LogP contribution < -0.4 is 14.8 Å². The van der Waals surface area contributed by atoms with E-state index in [0.717, 1.165) is 19.5 Å². The monoisotopic (exact) mass is 275 g/mol. The Kier molecular flexibility index (Phi) is 5.18. The Morgan fingerprint density at radius 3 is 2.85 bits per heavy atom. The lowest BCUT2D eigenvalue weighted by Gasteiger charge is -2.16. The molecule has 0 bridgehead atoms. The van der Waals surface area contributed by atoms with Crippen LogP contribution in [0.25, 0.3) is 5.57 Å². The van der Waals surface area contributed by atoms with Crippen molar-refractivity contribution in [2.75, 3.05) is 26.8 Å². The van der Waals surface area contributed by atoms with Crippen molar-refractivity contribution in [1.29, 1.82) is 0 Å². The van der Waals surface area contributed by atoms with E-state index in [9.17, 15) is 4.79 Å². The Hall–Kier alpha value is -1.81. The van der Waals surface area contributed by atoms with Gasteiger partial charge in [0.05, 0.1) is 13.7 Å². The second kappa shape index (κ2) is 7.10. The normalized spacial score (nSPS) is 14.6. The van der Waals surface area contributed by atoms with E-state index in [1.54, 1.807) is 14.0 Å². The van der Waals surface area contributed by atoms with Crippen LogP contribution >= 0.6 is 0 Å². The summed E-state index contributed by atoms with van der Waals surface area (Å²) in [6, 6.07) is 5.96. The summed E-state index contributed by atoms with van der Waals surface area (Å²) >= 11 is 0. The van der Waals surface area contributed by atoms with Crippen LogP contribution in [0.15, 0.2) is 24.3 Å². The Balaban J connectivity index is 2.11. The number of hydrogen-bond donors (Lipinski definition) is 1. The van der Waals surface area contributed by atoms with Crippen molar-refractivity contribution in [2.24, 2.45) is 0 Å². The van der Waals surface area contributed by atoms with Crippen LogP contribution in [0, 0.1) is 0 Å². The molecule has 1 aromatic carbocycles. The molecule has 4 heteroatoms. The van der Waals surface area contributed by atoms with Gasteiger partial charge in [-0.05, 0) is 43.2 Å². The zero-order valence-electron chi connectivity index (χ0n) is 12.1. The van der Waals surface area contributed by atoms with E-state index in [1.165, 1.54) is 11.1 Å². The van der Waals surface area contributed by atoms with Crippen molar-refractivity contribution in [3.8, 4) is 11.5 Å². The van der Waals surface area contributed by atoms with Gasteiger partial charge in [-0.3, -0.25) is 4.79 Å². The van der Waals surface area contributed by atoms with Gasteiger partial charge in [0.1, 0.15) is 5.78 Å². The van der Waals surface area contributed by atoms with Gasteiger partial charge in [0, 0.05) is 13.0 Å². The van der Waals surface area contributed by atoms with Crippen molar-refractivity contribution in [2.45, 2.75) is 19.8 Å². The minimum Gasteiger partial charge on any atom is -0.493 e. The summed E-state index contributed by atoms with van der Waals surface area (Å²) in [6.45, 7) is 3.87. The maximum atomic E-state index is 10.9. The molecule has 0 unspecified atom stereocenters. The zero-order chi connectivity index (χ0) is 14.4. The molecule has 1 N–H and O–H groups in total. The Morgan fingerprint density at radius 1 is 1.35 bits per heavy atom. The SMILES string of the molecule is COc1cc(C2=CCNCC2)ccc1OCCC(C)=O. The van der Waals surface area contributed by atoms with E-state index in [2.05, 4.69) is 11.4 Å². The number of ketones is 1. The topological polar surface area (TPSA) is 47.6 Å². The molecule has 0 fully saturated rings. The Bertz CT molecular complexity index is 508. The number of ether oxygens (including phenoxy) is 2. The van der Waals surface area contributed by atoms with E-state index in [4.69, 9.17) is 9.47 Å². The number of Topliss-reactive ketones (excluding diaryl/α,β-unsaturated/α-hetero) is 1. The van der Waals surface area contributed by atoms with Crippen LogP contribution in [0.3, 0.4) is 0 Å². The van der Waals surface area contributed by atoms with E-state index < -0.39 is 0 Å². The zero-order valence-corrected chi connectivity index (χ0v) is 12.1. The lowest BCUT2D eigenvalue weighted by molar-refractivity contribution is -0.117. The van der Waals surface area contributed by atoms with Crippen LogP contribution in [0.5, 0.6) is 11.5 Å². The maximum absolute atomic E-state index is 10.9. The van der Waals surface area contributed by atoms with Crippen molar-refractivity contribution in [1.82, 2.24) is 5.32 Å². The summed E-state index contributed by atoms with van der Waals surface area (Å²) in [4.78, 5) is 10.9. The number of carbonyl (C=O) groups excluding carboxylic acids is 1. The van der Waals surface area contributed by atoms with Gasteiger partial charge < -0.3 is 14.8 Å². The smallest absolute Gasteiger partial charge is 0.161 e. The third kappa shape index (κ3) is 3.84. The highest BCUT2D eigenvalue weighted by Crippen LogP contribution is 2.32. The van der Waals surface area contributed by atoms with E-state index >= 15 is 0 Å². The molecule has 0 radical (unpaired) electrons. The second-order valence-electron chi connectivity index (χ2n) is 4.85. The molecule has 0 aromatic heterocycles. The maximum Gasteiger partial charge on any atom is 0.161 e. The third-order valence-corrected chi connectivity index (χ3v) is 3.31. The second-order valence-corrected chi connectivity index (χ2v) is 4.85. The highest BCUT2D eigenvalue weighted by molar-refractivity contribution is 5.75.